The normalized spacial score (nSPS) is 12.6. The summed E-state index contributed by atoms with van der Waals surface area (Å²) in [6.07, 6.45) is 6.51. The van der Waals surface area contributed by atoms with Crippen LogP contribution in [0.15, 0.2) is 24.8 Å². The van der Waals surface area contributed by atoms with Crippen LogP contribution in [0, 0.1) is 5.82 Å². The van der Waals surface area contributed by atoms with Crippen molar-refractivity contribution in [1.29, 1.82) is 0 Å². The molecule has 0 fully saturated rings. The fourth-order valence-corrected chi connectivity index (χ4v) is 4.89. The molecule has 1 amide bonds. The molecule has 0 aliphatic carbocycles. The van der Waals surface area contributed by atoms with Crippen LogP contribution in [0.5, 0.6) is 0 Å². The summed E-state index contributed by atoms with van der Waals surface area (Å²) in [5.41, 5.74) is 6.80. The Bertz CT molecular complexity index is 1530. The smallest absolute Gasteiger partial charge is 0.291 e. The Balaban J connectivity index is 1.72. The third-order valence-corrected chi connectivity index (χ3v) is 6.81. The Kier molecular flexibility index (Phi) is 8.24. The molecule has 0 aliphatic rings. The number of nitrogen functional groups attached to an aromatic ring is 1. The highest BCUT2D eigenvalue weighted by Gasteiger charge is 2.27. The van der Waals surface area contributed by atoms with Crippen molar-refractivity contribution in [2.24, 2.45) is 0 Å². The summed E-state index contributed by atoms with van der Waals surface area (Å²) in [6, 6.07) is 1.10. The van der Waals surface area contributed by atoms with Gasteiger partial charge in [0.1, 0.15) is 29.3 Å². The number of amides is 1. The maximum Gasteiger partial charge on any atom is 0.291 e. The molecule has 0 saturated carbocycles. The van der Waals surface area contributed by atoms with Gasteiger partial charge in [0.2, 0.25) is 5.82 Å². The van der Waals surface area contributed by atoms with E-state index in [1.54, 1.807) is 4.90 Å². The third kappa shape index (κ3) is 5.55. The molecule has 0 bridgehead atoms. The van der Waals surface area contributed by atoms with Crippen molar-refractivity contribution in [2.75, 3.05) is 12.3 Å². The van der Waals surface area contributed by atoms with E-state index in [-0.39, 0.29) is 40.6 Å². The maximum absolute atomic E-state index is 14.8. The molecule has 13 heteroatoms. The molecule has 0 radical (unpaired) electrons. The predicted octanol–water partition coefficient (Wildman–Crippen LogP) is 3.32. The molecule has 4 heterocycles. The van der Waals surface area contributed by atoms with E-state index in [1.165, 1.54) is 50.1 Å². The number of carbonyl (C=O) groups excluding carboxylic acids is 2. The van der Waals surface area contributed by atoms with Gasteiger partial charge in [-0.2, -0.15) is 14.7 Å². The van der Waals surface area contributed by atoms with Gasteiger partial charge in [0, 0.05) is 29.9 Å². The lowest BCUT2D eigenvalue weighted by Gasteiger charge is -2.30. The number of pyridine rings is 1. The molecule has 1 atom stereocenters. The minimum Gasteiger partial charge on any atom is -0.384 e. The van der Waals surface area contributed by atoms with E-state index >= 15 is 0 Å². The third-order valence-electron chi connectivity index (χ3n) is 6.81. The number of aliphatic hydroxyl groups is 1. The molecule has 12 nitrogen and oxygen atoms in total. The molecular formula is C27H34FN9O3. The zero-order chi connectivity index (χ0) is 29.2. The number of fused-ring (bicyclic) bond motifs is 1. The van der Waals surface area contributed by atoms with Gasteiger partial charge in [-0.1, -0.05) is 13.8 Å². The fraction of sp³-hybridized carbons (Fsp3) is 0.444. The first kappa shape index (κ1) is 28.7. The molecule has 0 aliphatic heterocycles. The number of anilines is 1. The highest BCUT2D eigenvalue weighted by Crippen LogP contribution is 2.30. The standard InChI is InChI=1S/C27H34FN9O3/c1-6-10-36(26(39)24-31-14-32-35-24)17(7-2)8-9-20-21(15(3)38)23(29)37-25(34-20)18(13-33-37)16-11-19(28)22(30-12-16)27(4,5)40/h11-14,17,40H,6-10,29H2,1-5H3,(H,31,32,35)/t17-/m1/s1. The number of H-pyrrole nitrogens is 1. The molecule has 212 valence electrons. The number of rotatable bonds is 11. The number of aromatic amines is 1. The van der Waals surface area contributed by atoms with E-state index in [0.29, 0.717) is 48.3 Å². The van der Waals surface area contributed by atoms with Gasteiger partial charge in [-0.3, -0.25) is 19.7 Å². The molecular weight excluding hydrogens is 517 g/mol. The van der Waals surface area contributed by atoms with E-state index in [4.69, 9.17) is 10.7 Å². The molecule has 0 spiro atoms. The van der Waals surface area contributed by atoms with Crippen LogP contribution in [0.2, 0.25) is 0 Å². The van der Waals surface area contributed by atoms with Gasteiger partial charge < -0.3 is 15.7 Å². The molecule has 4 rings (SSSR count). The summed E-state index contributed by atoms with van der Waals surface area (Å²) in [5, 5.41) is 20.9. The van der Waals surface area contributed by atoms with Crippen LogP contribution in [-0.2, 0) is 12.0 Å². The average molecular weight is 552 g/mol. The van der Waals surface area contributed by atoms with E-state index in [1.807, 2.05) is 13.8 Å². The lowest BCUT2D eigenvalue weighted by atomic mass is 10.00. The highest BCUT2D eigenvalue weighted by atomic mass is 19.1. The monoisotopic (exact) mass is 551 g/mol. The van der Waals surface area contributed by atoms with Crippen molar-refractivity contribution in [2.45, 2.75) is 71.9 Å². The topological polar surface area (TPSA) is 168 Å². The molecule has 4 N–H and O–H groups in total. The summed E-state index contributed by atoms with van der Waals surface area (Å²) >= 11 is 0. The number of aromatic nitrogens is 7. The lowest BCUT2D eigenvalue weighted by Crippen LogP contribution is -2.41. The molecule has 40 heavy (non-hydrogen) atoms. The highest BCUT2D eigenvalue weighted by molar-refractivity contribution is 6.00. The Hall–Kier alpha value is -4.26. The van der Waals surface area contributed by atoms with Gasteiger partial charge in [0.05, 0.1) is 17.5 Å². The van der Waals surface area contributed by atoms with Crippen molar-refractivity contribution >= 4 is 23.2 Å². The summed E-state index contributed by atoms with van der Waals surface area (Å²) in [7, 11) is 0. The van der Waals surface area contributed by atoms with E-state index in [9.17, 15) is 19.1 Å². The number of carbonyl (C=O) groups is 2. The zero-order valence-corrected chi connectivity index (χ0v) is 23.3. The second kappa shape index (κ2) is 11.5. The van der Waals surface area contributed by atoms with Crippen LogP contribution in [0.3, 0.4) is 0 Å². The van der Waals surface area contributed by atoms with E-state index in [0.717, 1.165) is 6.42 Å². The number of Topliss-reactive ketones (excluding diaryl/α,β-unsaturated/α-hetero) is 1. The summed E-state index contributed by atoms with van der Waals surface area (Å²) in [6.45, 7) is 8.83. The largest absolute Gasteiger partial charge is 0.384 e. The molecule has 4 aromatic heterocycles. The molecule has 0 saturated heterocycles. The minimum atomic E-state index is -1.45. The van der Waals surface area contributed by atoms with Crippen molar-refractivity contribution < 1.29 is 19.1 Å². The molecule has 4 aromatic rings. The van der Waals surface area contributed by atoms with Crippen molar-refractivity contribution in [3.63, 3.8) is 0 Å². The van der Waals surface area contributed by atoms with Gasteiger partial charge in [-0.15, -0.1) is 0 Å². The van der Waals surface area contributed by atoms with Crippen LogP contribution in [0.25, 0.3) is 16.8 Å². The molecule has 0 aromatic carbocycles. The average Bonchev–Trinajstić information content (AvgIpc) is 3.58. The van der Waals surface area contributed by atoms with Crippen LogP contribution >= 0.6 is 0 Å². The Labute approximate surface area is 230 Å². The van der Waals surface area contributed by atoms with Crippen molar-refractivity contribution in [1.82, 2.24) is 39.7 Å². The summed E-state index contributed by atoms with van der Waals surface area (Å²) in [5.74, 6) is -0.895. The van der Waals surface area contributed by atoms with Crippen molar-refractivity contribution in [3.05, 3.63) is 53.4 Å². The second-order valence-electron chi connectivity index (χ2n) is 10.2. The molecule has 0 unspecified atom stereocenters. The number of hydrogen-bond acceptors (Lipinski definition) is 9. The van der Waals surface area contributed by atoms with Gasteiger partial charge in [0.25, 0.3) is 5.91 Å². The lowest BCUT2D eigenvalue weighted by molar-refractivity contribution is 0.0649. The van der Waals surface area contributed by atoms with Crippen LogP contribution in [-0.4, -0.2) is 69.0 Å². The zero-order valence-electron chi connectivity index (χ0n) is 23.3. The Morgan fingerprint density at radius 3 is 2.58 bits per heavy atom. The van der Waals surface area contributed by atoms with Crippen LogP contribution in [0.4, 0.5) is 10.2 Å². The first-order chi connectivity index (χ1) is 19.0. The second-order valence-corrected chi connectivity index (χ2v) is 10.2. The Morgan fingerprint density at radius 2 is 2.00 bits per heavy atom. The van der Waals surface area contributed by atoms with E-state index in [2.05, 4.69) is 25.3 Å². The van der Waals surface area contributed by atoms with Gasteiger partial charge in [-0.05, 0) is 52.5 Å². The number of nitrogens with two attached hydrogens (primary N) is 1. The van der Waals surface area contributed by atoms with Gasteiger partial charge >= 0.3 is 0 Å². The van der Waals surface area contributed by atoms with Crippen LogP contribution < -0.4 is 5.73 Å². The maximum atomic E-state index is 14.8. The summed E-state index contributed by atoms with van der Waals surface area (Å²) < 4.78 is 16.2. The number of halogens is 1. The number of hydrogen-bond donors (Lipinski definition) is 3. The van der Waals surface area contributed by atoms with Crippen LogP contribution in [0.1, 0.15) is 86.2 Å². The number of aryl methyl sites for hydroxylation is 1. The van der Waals surface area contributed by atoms with Gasteiger partial charge in [-0.25, -0.2) is 14.4 Å². The predicted molar refractivity (Wildman–Crippen MR) is 146 cm³/mol. The quantitative estimate of drug-likeness (QED) is 0.237. The van der Waals surface area contributed by atoms with Gasteiger partial charge in [0.15, 0.2) is 11.4 Å². The minimum absolute atomic E-state index is 0.0816. The number of nitrogens with zero attached hydrogens (tertiary/aromatic N) is 7. The fourth-order valence-electron chi connectivity index (χ4n) is 4.89. The first-order valence-corrected chi connectivity index (χ1v) is 13.2. The number of ketones is 1. The van der Waals surface area contributed by atoms with Crippen molar-refractivity contribution in [3.8, 4) is 11.1 Å². The summed E-state index contributed by atoms with van der Waals surface area (Å²) in [4.78, 5) is 40.5. The van der Waals surface area contributed by atoms with E-state index < -0.39 is 11.4 Å². The Morgan fingerprint density at radius 1 is 1.25 bits per heavy atom. The SMILES string of the molecule is CCCN(C(=O)c1ncn[nH]1)[C@H](CC)CCc1nc2c(-c3cnc(C(C)(C)O)c(F)c3)cnn2c(N)c1C(C)=O. The number of nitrogens with one attached hydrogen (secondary N) is 1. The first-order valence-electron chi connectivity index (χ1n) is 13.2.